The first kappa shape index (κ1) is 17.1. The Morgan fingerprint density at radius 3 is 2.72 bits per heavy atom. The van der Waals surface area contributed by atoms with Gasteiger partial charge in [0.1, 0.15) is 11.4 Å². The molecule has 0 saturated heterocycles. The highest BCUT2D eigenvalue weighted by molar-refractivity contribution is 7.89. The van der Waals surface area contributed by atoms with Gasteiger partial charge in [-0.2, -0.15) is 0 Å². The molecule has 3 aromatic rings. The second kappa shape index (κ2) is 6.30. The molecule has 1 aromatic heterocycles. The maximum Gasteiger partial charge on any atom is 0.287 e. The number of aryl methyl sites for hydroxylation is 1. The number of primary sulfonamides is 1. The van der Waals surface area contributed by atoms with Crippen LogP contribution in [0.1, 0.15) is 21.7 Å². The van der Waals surface area contributed by atoms with Gasteiger partial charge in [0.15, 0.2) is 5.76 Å². The van der Waals surface area contributed by atoms with Crippen molar-refractivity contribution in [3.63, 3.8) is 0 Å². The zero-order valence-electron chi connectivity index (χ0n) is 13.2. The van der Waals surface area contributed by atoms with Crippen molar-refractivity contribution in [3.8, 4) is 0 Å². The lowest BCUT2D eigenvalue weighted by Gasteiger charge is -2.06. The lowest BCUT2D eigenvalue weighted by molar-refractivity contribution is 0.0924. The second-order valence-electron chi connectivity index (χ2n) is 5.57. The number of sulfonamides is 1. The topological polar surface area (TPSA) is 102 Å². The van der Waals surface area contributed by atoms with Gasteiger partial charge in [-0.25, -0.2) is 17.9 Å². The van der Waals surface area contributed by atoms with Crippen LogP contribution in [0.5, 0.6) is 0 Å². The molecule has 1 amide bonds. The number of carbonyl (C=O) groups is 1. The molecular formula is C17H15FN2O4S. The van der Waals surface area contributed by atoms with Crippen molar-refractivity contribution in [2.75, 3.05) is 0 Å². The number of furan rings is 1. The zero-order chi connectivity index (χ0) is 18.2. The van der Waals surface area contributed by atoms with Crippen LogP contribution < -0.4 is 10.5 Å². The van der Waals surface area contributed by atoms with Crippen molar-refractivity contribution >= 4 is 26.9 Å². The van der Waals surface area contributed by atoms with E-state index >= 15 is 0 Å². The maximum atomic E-state index is 13.3. The van der Waals surface area contributed by atoms with Gasteiger partial charge in [0, 0.05) is 17.5 Å². The average Bonchev–Trinajstić information content (AvgIpc) is 2.89. The summed E-state index contributed by atoms with van der Waals surface area (Å²) in [7, 11) is -3.81. The summed E-state index contributed by atoms with van der Waals surface area (Å²) < 4.78 is 41.5. The van der Waals surface area contributed by atoms with Gasteiger partial charge in [0.05, 0.1) is 4.90 Å². The van der Waals surface area contributed by atoms with Crippen LogP contribution in [0.3, 0.4) is 0 Å². The number of nitrogens with one attached hydrogen (secondary N) is 1. The quantitative estimate of drug-likeness (QED) is 0.744. The van der Waals surface area contributed by atoms with E-state index in [4.69, 9.17) is 9.56 Å². The molecule has 0 radical (unpaired) electrons. The smallest absolute Gasteiger partial charge is 0.287 e. The van der Waals surface area contributed by atoms with Gasteiger partial charge in [-0.3, -0.25) is 4.79 Å². The number of rotatable bonds is 4. The van der Waals surface area contributed by atoms with Crippen LogP contribution in [-0.4, -0.2) is 14.3 Å². The van der Waals surface area contributed by atoms with E-state index in [1.807, 2.05) is 0 Å². The van der Waals surface area contributed by atoms with Gasteiger partial charge in [0.2, 0.25) is 10.0 Å². The minimum Gasteiger partial charge on any atom is -0.451 e. The summed E-state index contributed by atoms with van der Waals surface area (Å²) in [6.07, 6.45) is 0. The first-order valence-electron chi connectivity index (χ1n) is 7.34. The summed E-state index contributed by atoms with van der Waals surface area (Å²) in [4.78, 5) is 12.3. The van der Waals surface area contributed by atoms with E-state index in [2.05, 4.69) is 5.32 Å². The molecule has 25 heavy (non-hydrogen) atoms. The summed E-state index contributed by atoms with van der Waals surface area (Å²) in [6.45, 7) is 1.76. The first-order chi connectivity index (χ1) is 11.8. The second-order valence-corrected chi connectivity index (χ2v) is 7.13. The standard InChI is InChI=1S/C17H15FN2O4S/c1-10-14-8-12(18)5-6-15(14)24-16(10)17(21)20-9-11-3-2-4-13(7-11)25(19,22)23/h2-8H,9H2,1H3,(H,20,21)(H2,19,22,23). The molecule has 3 N–H and O–H groups in total. The fourth-order valence-corrected chi connectivity index (χ4v) is 3.09. The summed E-state index contributed by atoms with van der Waals surface area (Å²) >= 11 is 0. The highest BCUT2D eigenvalue weighted by Gasteiger charge is 2.18. The molecule has 0 spiro atoms. The van der Waals surface area contributed by atoms with Crippen molar-refractivity contribution in [3.05, 3.63) is 65.2 Å². The Morgan fingerprint density at radius 1 is 1.24 bits per heavy atom. The molecule has 0 aliphatic heterocycles. The van der Waals surface area contributed by atoms with E-state index in [0.29, 0.717) is 22.1 Å². The van der Waals surface area contributed by atoms with Gasteiger partial charge in [-0.15, -0.1) is 0 Å². The predicted molar refractivity (Wildman–Crippen MR) is 89.9 cm³/mol. The number of amides is 1. The van der Waals surface area contributed by atoms with E-state index in [9.17, 15) is 17.6 Å². The summed E-state index contributed by atoms with van der Waals surface area (Å²) in [5, 5.41) is 8.26. The summed E-state index contributed by atoms with van der Waals surface area (Å²) in [5.74, 6) is -0.804. The number of carbonyl (C=O) groups excluding carboxylic acids is 1. The molecule has 0 saturated carbocycles. The van der Waals surface area contributed by atoms with Crippen LogP contribution in [-0.2, 0) is 16.6 Å². The number of benzene rings is 2. The van der Waals surface area contributed by atoms with E-state index < -0.39 is 21.7 Å². The van der Waals surface area contributed by atoms with Gasteiger partial charge >= 0.3 is 0 Å². The average molecular weight is 362 g/mol. The molecular weight excluding hydrogens is 347 g/mol. The number of fused-ring (bicyclic) bond motifs is 1. The van der Waals surface area contributed by atoms with E-state index in [0.717, 1.165) is 0 Å². The van der Waals surface area contributed by atoms with Crippen molar-refractivity contribution in [1.82, 2.24) is 5.32 Å². The van der Waals surface area contributed by atoms with Crippen LogP contribution in [0, 0.1) is 12.7 Å². The summed E-state index contributed by atoms with van der Waals surface area (Å²) in [5.41, 5.74) is 1.52. The Labute approximate surface area is 143 Å². The molecule has 6 nitrogen and oxygen atoms in total. The number of hydrogen-bond donors (Lipinski definition) is 2. The summed E-state index contributed by atoms with van der Waals surface area (Å²) in [6, 6.07) is 9.98. The third-order valence-electron chi connectivity index (χ3n) is 3.78. The third kappa shape index (κ3) is 3.54. The molecule has 1 heterocycles. The minimum absolute atomic E-state index is 0.0327. The molecule has 0 unspecified atom stereocenters. The Bertz CT molecular complexity index is 1070. The van der Waals surface area contributed by atoms with Gasteiger partial charge in [-0.1, -0.05) is 12.1 Å². The van der Waals surface area contributed by atoms with Gasteiger partial charge in [-0.05, 0) is 42.8 Å². The molecule has 0 aliphatic rings. The fourth-order valence-electron chi connectivity index (χ4n) is 2.50. The molecule has 8 heteroatoms. The molecule has 0 fully saturated rings. The zero-order valence-corrected chi connectivity index (χ0v) is 14.1. The van der Waals surface area contributed by atoms with Crippen molar-refractivity contribution in [2.45, 2.75) is 18.4 Å². The van der Waals surface area contributed by atoms with Crippen LogP contribution in [0.2, 0.25) is 0 Å². The Morgan fingerprint density at radius 2 is 2.00 bits per heavy atom. The van der Waals surface area contributed by atoms with Gasteiger partial charge < -0.3 is 9.73 Å². The highest BCUT2D eigenvalue weighted by atomic mass is 32.2. The number of halogens is 1. The molecule has 0 bridgehead atoms. The third-order valence-corrected chi connectivity index (χ3v) is 4.70. The minimum atomic E-state index is -3.81. The number of nitrogens with two attached hydrogens (primary N) is 1. The predicted octanol–water partition coefficient (Wildman–Crippen LogP) is 2.46. The lowest BCUT2D eigenvalue weighted by atomic mass is 10.1. The number of hydrogen-bond acceptors (Lipinski definition) is 4. The first-order valence-corrected chi connectivity index (χ1v) is 8.89. The van der Waals surface area contributed by atoms with Crippen molar-refractivity contribution in [1.29, 1.82) is 0 Å². The normalized spacial score (nSPS) is 11.6. The van der Waals surface area contributed by atoms with Crippen LogP contribution in [0.15, 0.2) is 51.8 Å². The SMILES string of the molecule is Cc1c(C(=O)NCc2cccc(S(N)(=O)=O)c2)oc2ccc(F)cc12. The largest absolute Gasteiger partial charge is 0.451 e. The Hall–Kier alpha value is -2.71. The molecule has 3 rings (SSSR count). The van der Waals surface area contributed by atoms with E-state index in [1.165, 1.54) is 36.4 Å². The van der Waals surface area contributed by atoms with E-state index in [-0.39, 0.29) is 17.2 Å². The Balaban J connectivity index is 1.81. The molecule has 0 aliphatic carbocycles. The van der Waals surface area contributed by atoms with Crippen LogP contribution in [0.25, 0.3) is 11.0 Å². The van der Waals surface area contributed by atoms with Crippen LogP contribution in [0.4, 0.5) is 4.39 Å². The molecule has 130 valence electrons. The Kier molecular flexibility index (Phi) is 4.32. The highest BCUT2D eigenvalue weighted by Crippen LogP contribution is 2.26. The molecule has 2 aromatic carbocycles. The fraction of sp³-hybridized carbons (Fsp3) is 0.118. The lowest BCUT2D eigenvalue weighted by Crippen LogP contribution is -2.23. The maximum absolute atomic E-state index is 13.3. The monoisotopic (exact) mass is 362 g/mol. The van der Waals surface area contributed by atoms with Crippen molar-refractivity contribution < 1.29 is 22.0 Å². The van der Waals surface area contributed by atoms with Crippen LogP contribution >= 0.6 is 0 Å². The van der Waals surface area contributed by atoms with Gasteiger partial charge in [0.25, 0.3) is 5.91 Å². The van der Waals surface area contributed by atoms with E-state index in [1.54, 1.807) is 13.0 Å². The molecule has 0 atom stereocenters. The van der Waals surface area contributed by atoms with Crippen molar-refractivity contribution in [2.24, 2.45) is 5.14 Å².